The van der Waals surface area contributed by atoms with Crippen molar-refractivity contribution in [3.63, 3.8) is 0 Å². The van der Waals surface area contributed by atoms with Crippen LogP contribution >= 0.6 is 0 Å². The summed E-state index contributed by atoms with van der Waals surface area (Å²) in [5.41, 5.74) is 2.85. The molecule has 3 N–H and O–H groups in total. The SMILES string of the molecule is O=S(=O)(O)NNc1ccccc1.[NaH]. The summed E-state index contributed by atoms with van der Waals surface area (Å²) >= 11 is 0. The van der Waals surface area contributed by atoms with Crippen LogP contribution in [0.1, 0.15) is 0 Å². The number of hydrazine groups is 1. The molecule has 68 valence electrons. The van der Waals surface area contributed by atoms with Crippen molar-refractivity contribution in [1.29, 1.82) is 0 Å². The predicted octanol–water partition coefficient (Wildman–Crippen LogP) is -0.243. The first-order valence-corrected chi connectivity index (χ1v) is 4.57. The Kier molecular flexibility index (Phi) is 5.54. The van der Waals surface area contributed by atoms with E-state index in [1.165, 1.54) is 0 Å². The third kappa shape index (κ3) is 6.03. The molecule has 13 heavy (non-hydrogen) atoms. The van der Waals surface area contributed by atoms with E-state index in [0.29, 0.717) is 5.69 Å². The molecule has 0 unspecified atom stereocenters. The van der Waals surface area contributed by atoms with E-state index in [9.17, 15) is 8.42 Å². The van der Waals surface area contributed by atoms with Gasteiger partial charge >= 0.3 is 39.9 Å². The van der Waals surface area contributed by atoms with Crippen LogP contribution in [0.25, 0.3) is 0 Å². The first-order chi connectivity index (χ1) is 5.58. The molecule has 0 heterocycles. The minimum atomic E-state index is -4.18. The fraction of sp³-hybridized carbons (Fsp3) is 0. The first kappa shape index (κ1) is 12.9. The van der Waals surface area contributed by atoms with Gasteiger partial charge < -0.3 is 5.43 Å². The van der Waals surface area contributed by atoms with Crippen LogP contribution in [0.15, 0.2) is 30.3 Å². The van der Waals surface area contributed by atoms with E-state index in [1.807, 2.05) is 0 Å². The fourth-order valence-electron chi connectivity index (χ4n) is 0.645. The average molecular weight is 212 g/mol. The Morgan fingerprint density at radius 1 is 1.15 bits per heavy atom. The summed E-state index contributed by atoms with van der Waals surface area (Å²) < 4.78 is 28.7. The normalized spacial score (nSPS) is 10.2. The summed E-state index contributed by atoms with van der Waals surface area (Å²) in [7, 11) is -4.18. The van der Waals surface area contributed by atoms with Crippen molar-refractivity contribution < 1.29 is 13.0 Å². The van der Waals surface area contributed by atoms with Crippen molar-refractivity contribution in [1.82, 2.24) is 4.83 Å². The molecule has 0 fully saturated rings. The number of rotatable bonds is 3. The van der Waals surface area contributed by atoms with Crippen LogP contribution in [0.2, 0.25) is 0 Å². The van der Waals surface area contributed by atoms with E-state index in [-0.39, 0.29) is 29.6 Å². The standard InChI is InChI=1S/C6H8N2O3S.Na.H/c9-12(10,11)8-7-6-4-2-1-3-5-6;;/h1-5,7-8H,(H,9,10,11);;. The van der Waals surface area contributed by atoms with Gasteiger partial charge in [0.05, 0.1) is 0 Å². The molecule has 0 bridgehead atoms. The third-order valence-corrected chi connectivity index (χ3v) is 1.46. The first-order valence-electron chi connectivity index (χ1n) is 3.13. The summed E-state index contributed by atoms with van der Waals surface area (Å²) in [6.45, 7) is 0. The Morgan fingerprint density at radius 3 is 2.15 bits per heavy atom. The molecule has 0 saturated heterocycles. The fourth-order valence-corrected chi connectivity index (χ4v) is 0.892. The van der Waals surface area contributed by atoms with Crippen molar-refractivity contribution in [3.05, 3.63) is 30.3 Å². The third-order valence-electron chi connectivity index (χ3n) is 1.10. The van der Waals surface area contributed by atoms with Gasteiger partial charge in [0.15, 0.2) is 0 Å². The van der Waals surface area contributed by atoms with Gasteiger partial charge in [-0.2, -0.15) is 8.42 Å². The topological polar surface area (TPSA) is 78.4 Å². The maximum atomic E-state index is 10.2. The van der Waals surface area contributed by atoms with Crippen molar-refractivity contribution >= 4 is 45.5 Å². The van der Waals surface area contributed by atoms with E-state index in [4.69, 9.17) is 4.55 Å². The molecule has 1 aromatic rings. The molecule has 0 aliphatic heterocycles. The number of benzene rings is 1. The average Bonchev–Trinajstić information content (AvgIpc) is 2.02. The molecule has 5 nitrogen and oxygen atoms in total. The Hall–Kier alpha value is -0.110. The Labute approximate surface area is 98.7 Å². The van der Waals surface area contributed by atoms with Gasteiger partial charge in [0.1, 0.15) is 0 Å². The van der Waals surface area contributed by atoms with Crippen molar-refractivity contribution in [3.8, 4) is 0 Å². The number of hydrogen-bond acceptors (Lipinski definition) is 3. The number of nitrogens with one attached hydrogen (secondary N) is 2. The van der Waals surface area contributed by atoms with Gasteiger partial charge in [-0.15, -0.1) is 4.83 Å². The minimum absolute atomic E-state index is 0. The molecule has 0 amide bonds. The molecule has 0 atom stereocenters. The zero-order valence-corrected chi connectivity index (χ0v) is 6.88. The van der Waals surface area contributed by atoms with Crippen LogP contribution in [0.4, 0.5) is 5.69 Å². The monoisotopic (exact) mass is 212 g/mol. The summed E-state index contributed by atoms with van der Waals surface area (Å²) in [6, 6.07) is 8.55. The Bertz CT molecular complexity index is 340. The van der Waals surface area contributed by atoms with Crippen molar-refractivity contribution in [2.24, 2.45) is 0 Å². The number of anilines is 1. The van der Waals surface area contributed by atoms with E-state index < -0.39 is 10.3 Å². The second-order valence-electron chi connectivity index (χ2n) is 2.07. The summed E-state index contributed by atoms with van der Waals surface area (Å²) in [5, 5.41) is 0. The molecule has 1 aromatic carbocycles. The van der Waals surface area contributed by atoms with Crippen LogP contribution in [-0.4, -0.2) is 42.5 Å². The summed E-state index contributed by atoms with van der Waals surface area (Å²) in [4.78, 5) is 1.72. The van der Waals surface area contributed by atoms with Gasteiger partial charge in [0, 0.05) is 5.69 Å². The van der Waals surface area contributed by atoms with Gasteiger partial charge in [0.25, 0.3) is 0 Å². The molecular weight excluding hydrogens is 203 g/mol. The molecule has 7 heteroatoms. The van der Waals surface area contributed by atoms with Crippen molar-refractivity contribution in [2.75, 3.05) is 5.43 Å². The van der Waals surface area contributed by atoms with Crippen LogP contribution in [0.3, 0.4) is 0 Å². The van der Waals surface area contributed by atoms with E-state index in [0.717, 1.165) is 0 Å². The molecule has 1 rings (SSSR count). The zero-order chi connectivity index (χ0) is 9.03. The van der Waals surface area contributed by atoms with Crippen molar-refractivity contribution in [2.45, 2.75) is 0 Å². The van der Waals surface area contributed by atoms with Gasteiger partial charge in [0.2, 0.25) is 0 Å². The summed E-state index contributed by atoms with van der Waals surface area (Å²) in [5.74, 6) is 0. The molecule has 0 saturated carbocycles. The quantitative estimate of drug-likeness (QED) is 0.367. The molecule has 0 aliphatic rings. The van der Waals surface area contributed by atoms with E-state index in [1.54, 1.807) is 35.2 Å². The summed E-state index contributed by atoms with van der Waals surface area (Å²) in [6.07, 6.45) is 0. The Balaban J connectivity index is 0.00000144. The van der Waals surface area contributed by atoms with Crippen LogP contribution in [0.5, 0.6) is 0 Å². The second-order valence-corrected chi connectivity index (χ2v) is 3.22. The van der Waals surface area contributed by atoms with Gasteiger partial charge in [-0.05, 0) is 12.1 Å². The van der Waals surface area contributed by atoms with Gasteiger partial charge in [-0.3, -0.25) is 4.55 Å². The predicted molar refractivity (Wildman–Crippen MR) is 51.9 cm³/mol. The van der Waals surface area contributed by atoms with E-state index >= 15 is 0 Å². The molecule has 0 aromatic heterocycles. The van der Waals surface area contributed by atoms with Gasteiger partial charge in [-0.1, -0.05) is 18.2 Å². The van der Waals surface area contributed by atoms with Gasteiger partial charge in [-0.25, -0.2) is 0 Å². The molecule has 0 spiro atoms. The number of hydrogen-bond donors (Lipinski definition) is 3. The second kappa shape index (κ2) is 5.58. The maximum absolute atomic E-state index is 10.2. The van der Waals surface area contributed by atoms with Crippen LogP contribution in [0, 0.1) is 0 Å². The molecule has 0 aliphatic carbocycles. The van der Waals surface area contributed by atoms with E-state index in [2.05, 4.69) is 5.43 Å². The number of para-hydroxylation sites is 1. The van der Waals surface area contributed by atoms with Crippen LogP contribution in [-0.2, 0) is 10.3 Å². The molecule has 0 radical (unpaired) electrons. The van der Waals surface area contributed by atoms with Crippen LogP contribution < -0.4 is 10.3 Å². The Morgan fingerprint density at radius 2 is 1.69 bits per heavy atom. The zero-order valence-electron chi connectivity index (χ0n) is 6.06. The molecular formula is C6H9N2NaO3S.